The molecule has 0 spiro atoms. The molecule has 1 atom stereocenters. The number of rotatable bonds is 6. The Morgan fingerprint density at radius 1 is 1.31 bits per heavy atom. The molecule has 0 aromatic carbocycles. The normalized spacial score (nSPS) is 13.5. The average Bonchev–Trinajstić information content (AvgIpc) is 1.95. The molecule has 0 saturated heterocycles. The zero-order valence-electron chi connectivity index (χ0n) is 7.78. The summed E-state index contributed by atoms with van der Waals surface area (Å²) >= 11 is 0. The fourth-order valence-electron chi connectivity index (χ4n) is 1.20. The SMILES string of the molecule is CCCCC(CC)CS(=O)(=O)O.[NaH]. The summed E-state index contributed by atoms with van der Waals surface area (Å²) in [5, 5.41) is 0. The van der Waals surface area contributed by atoms with Crippen molar-refractivity contribution in [1.29, 1.82) is 0 Å². The molecule has 0 aliphatic heterocycles. The van der Waals surface area contributed by atoms with Crippen molar-refractivity contribution in [2.24, 2.45) is 5.92 Å². The summed E-state index contributed by atoms with van der Waals surface area (Å²) < 4.78 is 29.6. The second-order valence-electron chi connectivity index (χ2n) is 3.17. The van der Waals surface area contributed by atoms with Crippen LogP contribution in [0.1, 0.15) is 39.5 Å². The van der Waals surface area contributed by atoms with Crippen LogP contribution in [0.25, 0.3) is 0 Å². The van der Waals surface area contributed by atoms with E-state index in [9.17, 15) is 8.42 Å². The first kappa shape index (κ1) is 16.3. The van der Waals surface area contributed by atoms with Gasteiger partial charge < -0.3 is 0 Å². The second-order valence-corrected chi connectivity index (χ2v) is 4.66. The van der Waals surface area contributed by atoms with Crippen molar-refractivity contribution in [2.75, 3.05) is 5.75 Å². The molecule has 13 heavy (non-hydrogen) atoms. The average molecular weight is 218 g/mol. The summed E-state index contributed by atoms with van der Waals surface area (Å²) in [6.07, 6.45) is 3.82. The van der Waals surface area contributed by atoms with E-state index in [0.29, 0.717) is 0 Å². The third-order valence-electron chi connectivity index (χ3n) is 1.99. The minimum atomic E-state index is -3.77. The molecule has 0 amide bonds. The summed E-state index contributed by atoms with van der Waals surface area (Å²) in [5.41, 5.74) is 0. The Morgan fingerprint density at radius 2 is 1.85 bits per heavy atom. The summed E-state index contributed by atoms with van der Waals surface area (Å²) in [7, 11) is -3.77. The van der Waals surface area contributed by atoms with Crippen LogP contribution in [-0.2, 0) is 10.1 Å². The molecule has 3 nitrogen and oxygen atoms in total. The molecule has 0 aliphatic rings. The van der Waals surface area contributed by atoms with Crippen molar-refractivity contribution >= 4 is 39.7 Å². The molecule has 0 aromatic rings. The molecule has 0 bridgehead atoms. The summed E-state index contributed by atoms with van der Waals surface area (Å²) in [6.45, 7) is 4.02. The van der Waals surface area contributed by atoms with Crippen molar-refractivity contribution in [3.63, 3.8) is 0 Å². The molecule has 0 saturated carbocycles. The van der Waals surface area contributed by atoms with Gasteiger partial charge in [0.05, 0.1) is 5.75 Å². The molecule has 0 heterocycles. The van der Waals surface area contributed by atoms with Crippen molar-refractivity contribution in [3.8, 4) is 0 Å². The Labute approximate surface area is 103 Å². The third-order valence-corrected chi connectivity index (χ3v) is 2.88. The monoisotopic (exact) mass is 218 g/mol. The van der Waals surface area contributed by atoms with E-state index < -0.39 is 10.1 Å². The Bertz CT molecular complexity index is 201. The van der Waals surface area contributed by atoms with E-state index in [1.54, 1.807) is 0 Å². The summed E-state index contributed by atoms with van der Waals surface area (Å²) in [4.78, 5) is 0. The fraction of sp³-hybridized carbons (Fsp3) is 1.00. The van der Waals surface area contributed by atoms with Crippen LogP contribution < -0.4 is 0 Å². The standard InChI is InChI=1S/C8H18O3S.Na.H/c1-3-5-6-8(4-2)7-12(9,10)11;;/h8H,3-7H2,1-2H3,(H,9,10,11);;. The van der Waals surface area contributed by atoms with Crippen molar-refractivity contribution in [3.05, 3.63) is 0 Å². The molecule has 0 rings (SSSR count). The topological polar surface area (TPSA) is 54.4 Å². The molecule has 76 valence electrons. The Morgan fingerprint density at radius 3 is 2.15 bits per heavy atom. The maximum atomic E-state index is 10.5. The van der Waals surface area contributed by atoms with Crippen LogP contribution in [0.3, 0.4) is 0 Å². The molecular formula is C8H19NaO3S. The van der Waals surface area contributed by atoms with Crippen LogP contribution in [0.4, 0.5) is 0 Å². The first-order valence-corrected chi connectivity index (χ1v) is 6.05. The summed E-state index contributed by atoms with van der Waals surface area (Å²) in [5.74, 6) is 0.0451. The van der Waals surface area contributed by atoms with Crippen LogP contribution in [0.5, 0.6) is 0 Å². The van der Waals surface area contributed by atoms with Gasteiger partial charge in [-0.05, 0) is 12.3 Å². The molecule has 0 aliphatic carbocycles. The third kappa shape index (κ3) is 10.8. The van der Waals surface area contributed by atoms with Gasteiger partial charge in [0.15, 0.2) is 0 Å². The molecule has 0 aromatic heterocycles. The van der Waals surface area contributed by atoms with E-state index >= 15 is 0 Å². The van der Waals surface area contributed by atoms with E-state index in [2.05, 4.69) is 6.92 Å². The quantitative estimate of drug-likeness (QED) is 0.542. The van der Waals surface area contributed by atoms with Gasteiger partial charge in [-0.2, -0.15) is 8.42 Å². The molecule has 0 fully saturated rings. The Balaban J connectivity index is 0. The van der Waals surface area contributed by atoms with Gasteiger partial charge in [-0.15, -0.1) is 0 Å². The minimum absolute atomic E-state index is 0. The molecule has 1 unspecified atom stereocenters. The Hall–Kier alpha value is 0.910. The van der Waals surface area contributed by atoms with E-state index in [1.807, 2.05) is 6.92 Å². The predicted molar refractivity (Wildman–Crippen MR) is 56.9 cm³/mol. The molecule has 0 radical (unpaired) electrons. The van der Waals surface area contributed by atoms with Crippen LogP contribution >= 0.6 is 0 Å². The van der Waals surface area contributed by atoms with Crippen molar-refractivity contribution in [2.45, 2.75) is 39.5 Å². The van der Waals surface area contributed by atoms with E-state index in [4.69, 9.17) is 4.55 Å². The first-order valence-electron chi connectivity index (χ1n) is 4.44. The Kier molecular flexibility index (Phi) is 10.4. The number of unbranched alkanes of at least 4 members (excludes halogenated alkanes) is 1. The van der Waals surface area contributed by atoms with Gasteiger partial charge in [-0.1, -0.05) is 33.1 Å². The van der Waals surface area contributed by atoms with Crippen molar-refractivity contribution < 1.29 is 13.0 Å². The van der Waals surface area contributed by atoms with Crippen molar-refractivity contribution in [1.82, 2.24) is 0 Å². The van der Waals surface area contributed by atoms with Crippen LogP contribution in [-0.4, -0.2) is 48.3 Å². The zero-order valence-corrected chi connectivity index (χ0v) is 8.60. The number of hydrogen-bond donors (Lipinski definition) is 1. The fourth-order valence-corrected chi connectivity index (χ4v) is 2.19. The van der Waals surface area contributed by atoms with Crippen LogP contribution in [0.15, 0.2) is 0 Å². The van der Waals surface area contributed by atoms with Gasteiger partial charge in [0, 0.05) is 0 Å². The molecular weight excluding hydrogens is 199 g/mol. The van der Waals surface area contributed by atoms with Gasteiger partial charge in [0.25, 0.3) is 10.1 Å². The first-order chi connectivity index (χ1) is 5.49. The van der Waals surface area contributed by atoms with Gasteiger partial charge in [0.2, 0.25) is 0 Å². The second kappa shape index (κ2) is 8.24. The van der Waals surface area contributed by atoms with Crippen LogP contribution in [0.2, 0.25) is 0 Å². The van der Waals surface area contributed by atoms with Gasteiger partial charge in [0.1, 0.15) is 0 Å². The predicted octanol–water partition coefficient (Wildman–Crippen LogP) is 1.44. The van der Waals surface area contributed by atoms with E-state index in [1.165, 1.54) is 0 Å². The molecule has 5 heteroatoms. The van der Waals surface area contributed by atoms with Gasteiger partial charge >= 0.3 is 29.6 Å². The zero-order chi connectivity index (χ0) is 9.61. The molecule has 1 N–H and O–H groups in total. The maximum absolute atomic E-state index is 10.5. The summed E-state index contributed by atoms with van der Waals surface area (Å²) in [6, 6.07) is 0. The van der Waals surface area contributed by atoms with Crippen LogP contribution in [0, 0.1) is 5.92 Å². The van der Waals surface area contributed by atoms with E-state index in [-0.39, 0.29) is 41.2 Å². The number of hydrogen-bond acceptors (Lipinski definition) is 2. The van der Waals surface area contributed by atoms with E-state index in [0.717, 1.165) is 25.7 Å². The van der Waals surface area contributed by atoms with Gasteiger partial charge in [-0.3, -0.25) is 4.55 Å². The van der Waals surface area contributed by atoms with Gasteiger partial charge in [-0.25, -0.2) is 0 Å².